The molecule has 0 bridgehead atoms. The summed E-state index contributed by atoms with van der Waals surface area (Å²) in [6.45, 7) is 0. The molecule has 0 radical (unpaired) electrons. The summed E-state index contributed by atoms with van der Waals surface area (Å²) >= 11 is 0. The van der Waals surface area contributed by atoms with Crippen LogP contribution in [0.1, 0.15) is 11.7 Å². The lowest BCUT2D eigenvalue weighted by Crippen LogP contribution is -2.18. The van der Waals surface area contributed by atoms with Crippen molar-refractivity contribution in [2.24, 2.45) is 0 Å². The second-order valence-corrected chi connectivity index (χ2v) is 5.22. The first-order valence-corrected chi connectivity index (χ1v) is 7.58. The fourth-order valence-electron chi connectivity index (χ4n) is 2.44. The molecule has 126 valence electrons. The molecule has 1 unspecified atom stereocenters. The van der Waals surface area contributed by atoms with E-state index in [2.05, 4.69) is 9.97 Å². The van der Waals surface area contributed by atoms with Crippen molar-refractivity contribution in [1.82, 2.24) is 9.97 Å². The molecule has 0 aliphatic carbocycles. The highest BCUT2D eigenvalue weighted by Crippen LogP contribution is 2.31. The summed E-state index contributed by atoms with van der Waals surface area (Å²) in [4.78, 5) is 19.7. The normalized spacial score (nSPS) is 11.6. The Morgan fingerprint density at radius 2 is 1.92 bits per heavy atom. The van der Waals surface area contributed by atoms with Crippen molar-refractivity contribution in [3.05, 3.63) is 72.7 Å². The third-order valence-corrected chi connectivity index (χ3v) is 3.59. The van der Waals surface area contributed by atoms with Crippen LogP contribution in [0.15, 0.2) is 67.1 Å². The minimum Gasteiger partial charge on any atom is -0.480 e. The van der Waals surface area contributed by atoms with Gasteiger partial charge in [-0.1, -0.05) is 42.5 Å². The number of carboxylic acid groups (broad SMARTS) is 1. The van der Waals surface area contributed by atoms with Crippen LogP contribution in [-0.2, 0) is 4.79 Å². The fraction of sp³-hybridized carbons (Fsp3) is 0.105. The highest BCUT2D eigenvalue weighted by atomic mass is 16.5. The number of ether oxygens (including phenoxy) is 2. The lowest BCUT2D eigenvalue weighted by molar-refractivity contribution is -0.145. The Labute approximate surface area is 144 Å². The second-order valence-electron chi connectivity index (χ2n) is 5.22. The Hall–Kier alpha value is -3.41. The predicted molar refractivity (Wildman–Crippen MR) is 91.5 cm³/mol. The molecule has 3 rings (SSSR count). The Kier molecular flexibility index (Phi) is 4.89. The molecule has 1 atom stereocenters. The highest BCUT2D eigenvalue weighted by Gasteiger charge is 2.22. The van der Waals surface area contributed by atoms with Gasteiger partial charge in [0.2, 0.25) is 12.0 Å². The van der Waals surface area contributed by atoms with Crippen molar-refractivity contribution < 1.29 is 19.4 Å². The Morgan fingerprint density at radius 3 is 2.64 bits per heavy atom. The number of methoxy groups -OCH3 is 1. The molecule has 6 nitrogen and oxygen atoms in total. The number of hydrogen-bond donors (Lipinski definition) is 1. The lowest BCUT2D eigenvalue weighted by Gasteiger charge is -2.16. The Morgan fingerprint density at radius 1 is 1.12 bits per heavy atom. The van der Waals surface area contributed by atoms with E-state index in [0.717, 1.165) is 5.56 Å². The van der Waals surface area contributed by atoms with Crippen molar-refractivity contribution in [1.29, 1.82) is 0 Å². The monoisotopic (exact) mass is 336 g/mol. The van der Waals surface area contributed by atoms with Crippen LogP contribution in [0.4, 0.5) is 0 Å². The van der Waals surface area contributed by atoms with E-state index in [4.69, 9.17) is 9.47 Å². The van der Waals surface area contributed by atoms with E-state index >= 15 is 0 Å². The van der Waals surface area contributed by atoms with Crippen LogP contribution in [-0.4, -0.2) is 28.2 Å². The molecule has 6 heteroatoms. The van der Waals surface area contributed by atoms with Gasteiger partial charge in [0.05, 0.1) is 12.7 Å². The summed E-state index contributed by atoms with van der Waals surface area (Å²) in [7, 11) is 1.53. The number of carboxylic acids is 1. The number of hydrogen-bond acceptors (Lipinski definition) is 5. The molecule has 25 heavy (non-hydrogen) atoms. The Bertz CT molecular complexity index is 868. The fourth-order valence-corrected chi connectivity index (χ4v) is 2.44. The number of carbonyl (C=O) groups is 1. The Balaban J connectivity index is 1.92. The molecule has 3 aromatic rings. The van der Waals surface area contributed by atoms with Gasteiger partial charge in [0.15, 0.2) is 0 Å². The zero-order valence-electron chi connectivity index (χ0n) is 13.5. The molecule has 0 spiro atoms. The van der Waals surface area contributed by atoms with E-state index < -0.39 is 12.1 Å². The highest BCUT2D eigenvalue weighted by molar-refractivity contribution is 5.75. The van der Waals surface area contributed by atoms with Gasteiger partial charge in [-0.25, -0.2) is 14.8 Å². The zero-order valence-corrected chi connectivity index (χ0v) is 13.5. The summed E-state index contributed by atoms with van der Waals surface area (Å²) in [5.41, 5.74) is 2.04. The molecular formula is C19H16N2O4. The molecular weight excluding hydrogens is 320 g/mol. The van der Waals surface area contributed by atoms with Crippen LogP contribution in [0.2, 0.25) is 0 Å². The first-order valence-electron chi connectivity index (χ1n) is 7.58. The molecule has 1 aromatic heterocycles. The molecule has 0 saturated carbocycles. The summed E-state index contributed by atoms with van der Waals surface area (Å²) < 4.78 is 11.0. The number of rotatable bonds is 6. The van der Waals surface area contributed by atoms with E-state index in [-0.39, 0.29) is 0 Å². The molecule has 0 amide bonds. The van der Waals surface area contributed by atoms with Gasteiger partial charge in [0.25, 0.3) is 0 Å². The number of aliphatic carboxylic acids is 1. The molecule has 0 aliphatic rings. The molecule has 0 saturated heterocycles. The number of nitrogens with zero attached hydrogens (tertiary/aromatic N) is 2. The predicted octanol–water partition coefficient (Wildman–Crippen LogP) is 3.36. The molecule has 2 aromatic carbocycles. The van der Waals surface area contributed by atoms with Crippen LogP contribution >= 0.6 is 0 Å². The molecule has 1 heterocycles. The maximum atomic E-state index is 11.6. The van der Waals surface area contributed by atoms with Gasteiger partial charge in [0, 0.05) is 11.8 Å². The van der Waals surface area contributed by atoms with Crippen LogP contribution in [0.25, 0.3) is 11.1 Å². The van der Waals surface area contributed by atoms with Gasteiger partial charge in [-0.15, -0.1) is 0 Å². The third kappa shape index (κ3) is 3.74. The average molecular weight is 336 g/mol. The van der Waals surface area contributed by atoms with E-state index in [1.54, 1.807) is 48.7 Å². The van der Waals surface area contributed by atoms with E-state index in [0.29, 0.717) is 22.8 Å². The molecule has 1 N–H and O–H groups in total. The minimum absolute atomic E-state index is 0.430. The van der Waals surface area contributed by atoms with Gasteiger partial charge >= 0.3 is 5.97 Å². The van der Waals surface area contributed by atoms with Gasteiger partial charge < -0.3 is 14.6 Å². The third-order valence-electron chi connectivity index (χ3n) is 3.59. The van der Waals surface area contributed by atoms with Crippen LogP contribution in [0, 0.1) is 0 Å². The van der Waals surface area contributed by atoms with Crippen molar-refractivity contribution in [3.63, 3.8) is 0 Å². The van der Waals surface area contributed by atoms with Crippen LogP contribution < -0.4 is 9.47 Å². The first kappa shape index (κ1) is 16.4. The van der Waals surface area contributed by atoms with Gasteiger partial charge in [-0.3, -0.25) is 0 Å². The SMILES string of the molecule is COc1ncncc1-c1cccc(OC(C(=O)O)c2ccccc2)c1. The summed E-state index contributed by atoms with van der Waals surface area (Å²) in [5, 5.41) is 9.49. The van der Waals surface area contributed by atoms with Gasteiger partial charge in [0.1, 0.15) is 12.1 Å². The van der Waals surface area contributed by atoms with E-state index in [9.17, 15) is 9.90 Å². The molecule has 0 fully saturated rings. The van der Waals surface area contributed by atoms with Crippen LogP contribution in [0.3, 0.4) is 0 Å². The summed E-state index contributed by atoms with van der Waals surface area (Å²) in [6, 6.07) is 15.9. The summed E-state index contributed by atoms with van der Waals surface area (Å²) in [5.74, 6) is -0.193. The maximum Gasteiger partial charge on any atom is 0.349 e. The van der Waals surface area contributed by atoms with Crippen molar-refractivity contribution in [3.8, 4) is 22.8 Å². The smallest absolute Gasteiger partial charge is 0.349 e. The van der Waals surface area contributed by atoms with Crippen molar-refractivity contribution >= 4 is 5.97 Å². The number of aromatic nitrogens is 2. The largest absolute Gasteiger partial charge is 0.480 e. The van der Waals surface area contributed by atoms with Gasteiger partial charge in [-0.05, 0) is 17.7 Å². The maximum absolute atomic E-state index is 11.6. The lowest BCUT2D eigenvalue weighted by atomic mass is 10.1. The standard InChI is InChI=1S/C19H16N2O4/c1-24-18-16(11-20-12-21-18)14-8-5-9-15(10-14)25-17(19(22)23)13-6-3-2-4-7-13/h2-12,17H,1H3,(H,22,23). The van der Waals surface area contributed by atoms with Gasteiger partial charge in [-0.2, -0.15) is 0 Å². The zero-order chi connectivity index (χ0) is 17.6. The van der Waals surface area contributed by atoms with Crippen molar-refractivity contribution in [2.75, 3.05) is 7.11 Å². The quantitative estimate of drug-likeness (QED) is 0.743. The van der Waals surface area contributed by atoms with Crippen LogP contribution in [0.5, 0.6) is 11.6 Å². The molecule has 0 aliphatic heterocycles. The second kappa shape index (κ2) is 7.44. The topological polar surface area (TPSA) is 81.5 Å². The number of benzene rings is 2. The first-order chi connectivity index (χ1) is 12.2. The van der Waals surface area contributed by atoms with E-state index in [1.807, 2.05) is 12.1 Å². The minimum atomic E-state index is -1.09. The van der Waals surface area contributed by atoms with E-state index in [1.165, 1.54) is 13.4 Å². The van der Waals surface area contributed by atoms with Crippen molar-refractivity contribution in [2.45, 2.75) is 6.10 Å². The average Bonchev–Trinajstić information content (AvgIpc) is 2.66. The summed E-state index contributed by atoms with van der Waals surface area (Å²) in [6.07, 6.45) is 1.94.